The van der Waals surface area contributed by atoms with Gasteiger partial charge in [0, 0.05) is 32.2 Å². The van der Waals surface area contributed by atoms with Gasteiger partial charge in [-0.05, 0) is 25.0 Å². The van der Waals surface area contributed by atoms with Crippen LogP contribution in [0.15, 0.2) is 30.6 Å². The second-order valence-electron chi connectivity index (χ2n) is 8.40. The van der Waals surface area contributed by atoms with Crippen LogP contribution >= 0.6 is 0 Å². The molecule has 0 atom stereocenters. The van der Waals surface area contributed by atoms with Gasteiger partial charge in [0.1, 0.15) is 17.7 Å². The van der Waals surface area contributed by atoms with E-state index in [1.165, 1.54) is 0 Å². The summed E-state index contributed by atoms with van der Waals surface area (Å²) in [6, 6.07) is 8.66. The second kappa shape index (κ2) is 8.36. The molecule has 2 aliphatic rings. The van der Waals surface area contributed by atoms with Crippen LogP contribution < -0.4 is 10.2 Å². The maximum Gasteiger partial charge on any atom is 0.205 e. The molecule has 0 spiro atoms. The predicted octanol–water partition coefficient (Wildman–Crippen LogP) is 2.14. The number of imidazole rings is 2. The number of nitrogens with zero attached hydrogens (tertiary/aromatic N) is 6. The summed E-state index contributed by atoms with van der Waals surface area (Å²) in [5.74, 6) is 2.47. The zero-order chi connectivity index (χ0) is 21.3. The van der Waals surface area contributed by atoms with Crippen molar-refractivity contribution in [3.63, 3.8) is 0 Å². The number of nitrogens with one attached hydrogen (secondary N) is 3. The molecule has 4 aromatic rings. The number of para-hydroxylation sites is 2. The Kier molecular flexibility index (Phi) is 5.08. The van der Waals surface area contributed by atoms with E-state index in [4.69, 9.17) is 9.72 Å². The van der Waals surface area contributed by atoms with E-state index in [0.29, 0.717) is 18.2 Å². The van der Waals surface area contributed by atoms with E-state index in [1.54, 1.807) is 6.33 Å². The fourth-order valence-electron chi connectivity index (χ4n) is 4.74. The fourth-order valence-corrected chi connectivity index (χ4v) is 4.74. The maximum absolute atomic E-state index is 5.50. The first-order valence-corrected chi connectivity index (χ1v) is 11.3. The third-order valence-electron chi connectivity index (χ3n) is 6.46. The van der Waals surface area contributed by atoms with Gasteiger partial charge in [-0.25, -0.2) is 15.0 Å². The van der Waals surface area contributed by atoms with Gasteiger partial charge in [-0.1, -0.05) is 12.1 Å². The minimum absolute atomic E-state index is 0.542. The number of H-pyrrole nitrogens is 2. The van der Waals surface area contributed by atoms with Crippen molar-refractivity contribution in [2.45, 2.75) is 25.4 Å². The van der Waals surface area contributed by atoms with E-state index in [2.05, 4.69) is 40.0 Å². The molecule has 0 bridgehead atoms. The summed E-state index contributed by atoms with van der Waals surface area (Å²) >= 11 is 0. The van der Waals surface area contributed by atoms with Crippen molar-refractivity contribution in [3.05, 3.63) is 36.4 Å². The number of anilines is 2. The quantitative estimate of drug-likeness (QED) is 0.439. The third kappa shape index (κ3) is 3.76. The molecule has 6 rings (SSSR count). The Hall–Kier alpha value is -3.24. The Morgan fingerprint density at radius 1 is 1.00 bits per heavy atom. The number of ether oxygens (including phenoxy) is 1. The lowest BCUT2D eigenvalue weighted by atomic mass is 10.0. The van der Waals surface area contributed by atoms with Crippen LogP contribution in [0.3, 0.4) is 0 Å². The van der Waals surface area contributed by atoms with Gasteiger partial charge in [-0.2, -0.15) is 4.98 Å². The van der Waals surface area contributed by atoms with Gasteiger partial charge in [-0.3, -0.25) is 4.90 Å². The van der Waals surface area contributed by atoms with Crippen LogP contribution in [0.25, 0.3) is 22.2 Å². The van der Waals surface area contributed by atoms with Gasteiger partial charge in [0.2, 0.25) is 5.95 Å². The van der Waals surface area contributed by atoms with Gasteiger partial charge < -0.3 is 24.9 Å². The average Bonchev–Trinajstić information content (AvgIpc) is 3.48. The summed E-state index contributed by atoms with van der Waals surface area (Å²) in [6.07, 6.45) is 3.83. The number of fused-ring (bicyclic) bond motifs is 2. The highest BCUT2D eigenvalue weighted by Crippen LogP contribution is 2.25. The molecule has 32 heavy (non-hydrogen) atoms. The number of morpholine rings is 1. The largest absolute Gasteiger partial charge is 0.379 e. The molecule has 0 amide bonds. The summed E-state index contributed by atoms with van der Waals surface area (Å²) in [6.45, 7) is 6.31. The fraction of sp³-hybridized carbons (Fsp3) is 0.455. The summed E-state index contributed by atoms with van der Waals surface area (Å²) in [5.41, 5.74) is 3.49. The number of hydrogen-bond acceptors (Lipinski definition) is 8. The normalized spacial score (nSPS) is 18.6. The van der Waals surface area contributed by atoms with E-state index in [1.807, 2.05) is 24.3 Å². The maximum atomic E-state index is 5.50. The summed E-state index contributed by atoms with van der Waals surface area (Å²) in [5, 5.41) is 3.38. The zero-order valence-corrected chi connectivity index (χ0v) is 17.9. The van der Waals surface area contributed by atoms with Crippen molar-refractivity contribution < 1.29 is 4.74 Å². The Morgan fingerprint density at radius 2 is 1.84 bits per heavy atom. The Bertz CT molecular complexity index is 1170. The molecule has 2 fully saturated rings. The van der Waals surface area contributed by atoms with E-state index >= 15 is 0 Å². The first kappa shape index (κ1) is 19.4. The van der Waals surface area contributed by atoms with Crippen LogP contribution in [0, 0.1) is 0 Å². The lowest BCUT2D eigenvalue weighted by Gasteiger charge is -2.40. The molecule has 3 N–H and O–H groups in total. The number of rotatable bonds is 5. The second-order valence-corrected chi connectivity index (χ2v) is 8.40. The number of hydrogen-bond donors (Lipinski definition) is 3. The summed E-state index contributed by atoms with van der Waals surface area (Å²) < 4.78 is 5.50. The van der Waals surface area contributed by atoms with Crippen molar-refractivity contribution >= 4 is 34.0 Å². The lowest BCUT2D eigenvalue weighted by Crippen LogP contribution is -2.49. The van der Waals surface area contributed by atoms with Crippen molar-refractivity contribution in [1.82, 2.24) is 34.8 Å². The Morgan fingerprint density at radius 3 is 2.69 bits per heavy atom. The van der Waals surface area contributed by atoms with Crippen LogP contribution in [0.5, 0.6) is 0 Å². The molecule has 2 saturated heterocycles. The molecule has 2 aliphatic heterocycles. The lowest BCUT2D eigenvalue weighted by molar-refractivity contribution is 0.0114. The first-order valence-electron chi connectivity index (χ1n) is 11.3. The smallest absolute Gasteiger partial charge is 0.205 e. The molecule has 1 aromatic carbocycles. The molecule has 10 nitrogen and oxygen atoms in total. The van der Waals surface area contributed by atoms with E-state index in [9.17, 15) is 0 Å². The zero-order valence-electron chi connectivity index (χ0n) is 17.9. The first-order chi connectivity index (χ1) is 15.8. The molecular weight excluding hydrogens is 406 g/mol. The standard InChI is InChI=1S/C22H27N9O/c1-2-4-17-16(3-1)26-18(27-17)13-23-20-19-21(25-14-24-20)29-22(28-19)31-7-5-15(6-8-31)30-9-11-32-12-10-30/h1-4,14-15H,5-13H2,(H,26,27)(H2,23,24,25,28,29). The number of benzene rings is 1. The van der Waals surface area contributed by atoms with Gasteiger partial charge >= 0.3 is 0 Å². The molecule has 0 radical (unpaired) electrons. The molecule has 0 aliphatic carbocycles. The SMILES string of the molecule is c1ccc2[nH]c(CNc3ncnc4nc(N5CCC(N6CCOCC6)CC5)[nH]c34)nc2c1. The molecular formula is C22H27N9O. The van der Waals surface area contributed by atoms with Crippen LogP contribution in [0.1, 0.15) is 18.7 Å². The average molecular weight is 434 g/mol. The van der Waals surface area contributed by atoms with Crippen LogP contribution in [-0.4, -0.2) is 80.2 Å². The summed E-state index contributed by atoms with van der Waals surface area (Å²) in [4.78, 5) is 29.9. The molecule has 0 saturated carbocycles. The van der Waals surface area contributed by atoms with E-state index < -0.39 is 0 Å². The number of piperidine rings is 1. The highest BCUT2D eigenvalue weighted by Gasteiger charge is 2.27. The molecule has 166 valence electrons. The minimum atomic E-state index is 0.542. The molecule has 10 heteroatoms. The highest BCUT2D eigenvalue weighted by atomic mass is 16.5. The molecule has 3 aromatic heterocycles. The van der Waals surface area contributed by atoms with Gasteiger partial charge in [0.15, 0.2) is 11.5 Å². The van der Waals surface area contributed by atoms with Crippen LogP contribution in [0.2, 0.25) is 0 Å². The monoisotopic (exact) mass is 433 g/mol. The Labute approximate surface area is 185 Å². The minimum Gasteiger partial charge on any atom is -0.379 e. The van der Waals surface area contributed by atoms with Gasteiger partial charge in [-0.15, -0.1) is 0 Å². The van der Waals surface area contributed by atoms with Crippen molar-refractivity contribution in [2.75, 3.05) is 49.6 Å². The van der Waals surface area contributed by atoms with Crippen molar-refractivity contribution in [1.29, 1.82) is 0 Å². The van der Waals surface area contributed by atoms with Gasteiger partial charge in [0.25, 0.3) is 0 Å². The predicted molar refractivity (Wildman–Crippen MR) is 123 cm³/mol. The number of aromatic nitrogens is 6. The van der Waals surface area contributed by atoms with Gasteiger partial charge in [0.05, 0.1) is 30.8 Å². The van der Waals surface area contributed by atoms with E-state index in [-0.39, 0.29) is 0 Å². The summed E-state index contributed by atoms with van der Waals surface area (Å²) in [7, 11) is 0. The van der Waals surface area contributed by atoms with Crippen LogP contribution in [-0.2, 0) is 11.3 Å². The molecule has 5 heterocycles. The topological polar surface area (TPSA) is 111 Å². The van der Waals surface area contributed by atoms with Crippen molar-refractivity contribution in [2.24, 2.45) is 0 Å². The number of aromatic amines is 2. The Balaban J connectivity index is 1.15. The third-order valence-corrected chi connectivity index (χ3v) is 6.46. The molecule has 0 unspecified atom stereocenters. The van der Waals surface area contributed by atoms with Crippen molar-refractivity contribution in [3.8, 4) is 0 Å². The highest BCUT2D eigenvalue weighted by molar-refractivity contribution is 5.84. The van der Waals surface area contributed by atoms with E-state index in [0.717, 1.165) is 86.4 Å². The van der Waals surface area contributed by atoms with Crippen LogP contribution in [0.4, 0.5) is 11.8 Å².